The molecule has 0 unspecified atom stereocenters. The van der Waals surface area contributed by atoms with E-state index in [1.807, 2.05) is 30.6 Å². The summed E-state index contributed by atoms with van der Waals surface area (Å²) >= 11 is 0. The fraction of sp³-hybridized carbons (Fsp3) is 0. The van der Waals surface area contributed by atoms with Gasteiger partial charge in [-0.1, -0.05) is 24.3 Å². The van der Waals surface area contributed by atoms with E-state index >= 15 is 0 Å². The van der Waals surface area contributed by atoms with E-state index in [0.29, 0.717) is 0 Å². The van der Waals surface area contributed by atoms with Crippen LogP contribution in [0.15, 0.2) is 48.9 Å². The van der Waals surface area contributed by atoms with Crippen molar-refractivity contribution in [3.63, 3.8) is 0 Å². The van der Waals surface area contributed by atoms with Gasteiger partial charge in [-0.25, -0.2) is 0 Å². The molecule has 72 valence electrons. The standard InChI is InChI=1S/C12H9N3/c1-2-4-11-9(3-1)5-6-13-12(11)10-7-14-15-8-10/h1-8H,(H,14,15). The van der Waals surface area contributed by atoms with Crippen LogP contribution in [-0.4, -0.2) is 15.2 Å². The second-order valence-corrected chi connectivity index (χ2v) is 3.37. The molecule has 0 aliphatic heterocycles. The largest absolute Gasteiger partial charge is 0.285 e. The summed E-state index contributed by atoms with van der Waals surface area (Å²) in [6.07, 6.45) is 5.47. The second kappa shape index (κ2) is 3.20. The molecule has 3 aromatic rings. The lowest BCUT2D eigenvalue weighted by Crippen LogP contribution is -1.83. The van der Waals surface area contributed by atoms with E-state index < -0.39 is 0 Å². The fourth-order valence-electron chi connectivity index (χ4n) is 1.73. The number of aromatic nitrogens is 3. The number of pyridine rings is 1. The van der Waals surface area contributed by atoms with Crippen LogP contribution in [0.1, 0.15) is 0 Å². The Morgan fingerprint density at radius 3 is 2.87 bits per heavy atom. The van der Waals surface area contributed by atoms with Gasteiger partial charge >= 0.3 is 0 Å². The third-order valence-corrected chi connectivity index (χ3v) is 2.45. The zero-order valence-electron chi connectivity index (χ0n) is 8.01. The van der Waals surface area contributed by atoms with E-state index in [-0.39, 0.29) is 0 Å². The van der Waals surface area contributed by atoms with Gasteiger partial charge in [0, 0.05) is 23.3 Å². The molecular weight excluding hydrogens is 186 g/mol. The van der Waals surface area contributed by atoms with Crippen molar-refractivity contribution in [2.75, 3.05) is 0 Å². The normalized spacial score (nSPS) is 10.7. The van der Waals surface area contributed by atoms with E-state index in [9.17, 15) is 0 Å². The van der Waals surface area contributed by atoms with Gasteiger partial charge in [-0.05, 0) is 11.5 Å². The number of aromatic amines is 1. The first kappa shape index (κ1) is 8.17. The number of hydrogen-bond donors (Lipinski definition) is 1. The van der Waals surface area contributed by atoms with Crippen LogP contribution in [0.2, 0.25) is 0 Å². The van der Waals surface area contributed by atoms with Gasteiger partial charge in [-0.2, -0.15) is 5.10 Å². The lowest BCUT2D eigenvalue weighted by atomic mass is 10.1. The van der Waals surface area contributed by atoms with Crippen molar-refractivity contribution in [3.05, 3.63) is 48.9 Å². The lowest BCUT2D eigenvalue weighted by molar-refractivity contribution is 1.09. The number of rotatable bonds is 1. The molecule has 1 aromatic carbocycles. The van der Waals surface area contributed by atoms with Gasteiger partial charge in [0.05, 0.1) is 11.9 Å². The van der Waals surface area contributed by atoms with Crippen LogP contribution in [0.4, 0.5) is 0 Å². The van der Waals surface area contributed by atoms with E-state index in [0.717, 1.165) is 16.6 Å². The monoisotopic (exact) mass is 195 g/mol. The summed E-state index contributed by atoms with van der Waals surface area (Å²) in [4.78, 5) is 4.39. The number of nitrogens with one attached hydrogen (secondary N) is 1. The molecule has 0 saturated heterocycles. The highest BCUT2D eigenvalue weighted by Crippen LogP contribution is 2.24. The van der Waals surface area contributed by atoms with Crippen molar-refractivity contribution in [2.45, 2.75) is 0 Å². The number of nitrogens with zero attached hydrogens (tertiary/aromatic N) is 2. The van der Waals surface area contributed by atoms with Gasteiger partial charge in [0.1, 0.15) is 0 Å². The predicted molar refractivity (Wildman–Crippen MR) is 59.3 cm³/mol. The summed E-state index contributed by atoms with van der Waals surface area (Å²) in [5.41, 5.74) is 1.99. The Labute approximate surface area is 86.8 Å². The van der Waals surface area contributed by atoms with E-state index in [2.05, 4.69) is 27.3 Å². The van der Waals surface area contributed by atoms with Crippen LogP contribution < -0.4 is 0 Å². The zero-order valence-corrected chi connectivity index (χ0v) is 8.01. The molecule has 3 heteroatoms. The van der Waals surface area contributed by atoms with Crippen LogP contribution in [0, 0.1) is 0 Å². The molecule has 2 heterocycles. The average molecular weight is 195 g/mol. The molecule has 0 aliphatic carbocycles. The Kier molecular flexibility index (Phi) is 1.75. The topological polar surface area (TPSA) is 41.6 Å². The Hall–Kier alpha value is -2.16. The van der Waals surface area contributed by atoms with Crippen molar-refractivity contribution >= 4 is 10.8 Å². The number of H-pyrrole nitrogens is 1. The van der Waals surface area contributed by atoms with Crippen LogP contribution in [0.5, 0.6) is 0 Å². The quantitative estimate of drug-likeness (QED) is 0.648. The van der Waals surface area contributed by atoms with Gasteiger partial charge in [-0.15, -0.1) is 0 Å². The Morgan fingerprint density at radius 1 is 1.07 bits per heavy atom. The lowest BCUT2D eigenvalue weighted by Gasteiger charge is -2.02. The summed E-state index contributed by atoms with van der Waals surface area (Å²) in [7, 11) is 0. The molecule has 0 fully saturated rings. The molecule has 0 spiro atoms. The van der Waals surface area contributed by atoms with E-state index in [1.54, 1.807) is 6.20 Å². The van der Waals surface area contributed by atoms with Crippen molar-refractivity contribution < 1.29 is 0 Å². The van der Waals surface area contributed by atoms with Crippen LogP contribution in [-0.2, 0) is 0 Å². The van der Waals surface area contributed by atoms with Gasteiger partial charge in [0.15, 0.2) is 0 Å². The highest BCUT2D eigenvalue weighted by atomic mass is 15.1. The maximum absolute atomic E-state index is 4.39. The van der Waals surface area contributed by atoms with Crippen molar-refractivity contribution in [1.29, 1.82) is 0 Å². The third kappa shape index (κ3) is 1.29. The van der Waals surface area contributed by atoms with Gasteiger partial charge in [-0.3, -0.25) is 10.1 Å². The summed E-state index contributed by atoms with van der Waals surface area (Å²) in [5.74, 6) is 0. The molecule has 1 N–H and O–H groups in total. The maximum Gasteiger partial charge on any atom is 0.0811 e. The molecular formula is C12H9N3. The summed E-state index contributed by atoms with van der Waals surface area (Å²) in [6.45, 7) is 0. The molecule has 2 aromatic heterocycles. The summed E-state index contributed by atoms with van der Waals surface area (Å²) in [6, 6.07) is 10.2. The molecule has 3 rings (SSSR count). The average Bonchev–Trinajstić information content (AvgIpc) is 2.82. The number of benzene rings is 1. The highest BCUT2D eigenvalue weighted by molar-refractivity contribution is 5.94. The molecule has 0 bridgehead atoms. The smallest absolute Gasteiger partial charge is 0.0811 e. The molecule has 15 heavy (non-hydrogen) atoms. The molecule has 3 nitrogen and oxygen atoms in total. The van der Waals surface area contributed by atoms with Crippen molar-refractivity contribution in [3.8, 4) is 11.3 Å². The fourth-order valence-corrected chi connectivity index (χ4v) is 1.73. The first-order valence-corrected chi connectivity index (χ1v) is 4.78. The van der Waals surface area contributed by atoms with Crippen molar-refractivity contribution in [1.82, 2.24) is 15.2 Å². The first-order chi connectivity index (χ1) is 7.45. The van der Waals surface area contributed by atoms with Crippen molar-refractivity contribution in [2.24, 2.45) is 0 Å². The molecule has 0 saturated carbocycles. The molecule has 0 radical (unpaired) electrons. The Morgan fingerprint density at radius 2 is 2.00 bits per heavy atom. The minimum atomic E-state index is 0.974. The number of fused-ring (bicyclic) bond motifs is 1. The third-order valence-electron chi connectivity index (χ3n) is 2.45. The highest BCUT2D eigenvalue weighted by Gasteiger charge is 2.04. The van der Waals surface area contributed by atoms with Crippen LogP contribution >= 0.6 is 0 Å². The Bertz CT molecular complexity index is 579. The first-order valence-electron chi connectivity index (χ1n) is 4.78. The SMILES string of the molecule is c1ccc2c(-c3cn[nH]c3)nccc2c1. The molecule has 0 amide bonds. The molecule has 0 aliphatic rings. The summed E-state index contributed by atoms with van der Waals surface area (Å²) in [5, 5.41) is 9.10. The number of hydrogen-bond acceptors (Lipinski definition) is 2. The minimum Gasteiger partial charge on any atom is -0.285 e. The van der Waals surface area contributed by atoms with E-state index in [4.69, 9.17) is 0 Å². The van der Waals surface area contributed by atoms with Gasteiger partial charge in [0.25, 0.3) is 0 Å². The minimum absolute atomic E-state index is 0.974. The predicted octanol–water partition coefficient (Wildman–Crippen LogP) is 2.62. The van der Waals surface area contributed by atoms with Gasteiger partial charge in [0.2, 0.25) is 0 Å². The molecule has 0 atom stereocenters. The maximum atomic E-state index is 4.39. The summed E-state index contributed by atoms with van der Waals surface area (Å²) < 4.78 is 0. The van der Waals surface area contributed by atoms with Crippen LogP contribution in [0.3, 0.4) is 0 Å². The second-order valence-electron chi connectivity index (χ2n) is 3.37. The van der Waals surface area contributed by atoms with Crippen LogP contribution in [0.25, 0.3) is 22.0 Å². The zero-order chi connectivity index (χ0) is 10.1. The van der Waals surface area contributed by atoms with Gasteiger partial charge < -0.3 is 0 Å². The Balaban J connectivity index is 2.36. The van der Waals surface area contributed by atoms with E-state index in [1.165, 1.54) is 5.39 Å².